The van der Waals surface area contributed by atoms with E-state index in [0.29, 0.717) is 0 Å². The van der Waals surface area contributed by atoms with E-state index in [2.05, 4.69) is 53.9 Å². The summed E-state index contributed by atoms with van der Waals surface area (Å²) in [4.78, 5) is 0. The molecule has 1 aromatic heterocycles. The number of hydrogen-bond acceptors (Lipinski definition) is 2. The minimum absolute atomic E-state index is 0.0727. The Hall–Kier alpha value is -1.64. The van der Waals surface area contributed by atoms with Crippen molar-refractivity contribution in [3.8, 4) is 0 Å². The molecule has 0 bridgehead atoms. The lowest BCUT2D eigenvalue weighted by Crippen LogP contribution is -2.12. The third kappa shape index (κ3) is 2.17. The maximum atomic E-state index is 6.34. The fourth-order valence-electron chi connectivity index (χ4n) is 2.26. The second kappa shape index (κ2) is 4.92. The lowest BCUT2D eigenvalue weighted by Gasteiger charge is -2.11. The van der Waals surface area contributed by atoms with Gasteiger partial charge in [0.2, 0.25) is 0 Å². The molecule has 1 nitrogen and oxygen atoms in total. The van der Waals surface area contributed by atoms with Crippen molar-refractivity contribution in [3.05, 3.63) is 71.1 Å². The molecule has 0 aliphatic carbocycles. The lowest BCUT2D eigenvalue weighted by atomic mass is 9.99. The highest BCUT2D eigenvalue weighted by Gasteiger charge is 2.11. The van der Waals surface area contributed by atoms with E-state index in [4.69, 9.17) is 5.73 Å². The van der Waals surface area contributed by atoms with Gasteiger partial charge in [0.05, 0.1) is 0 Å². The second-order valence-electron chi connectivity index (χ2n) is 4.48. The first-order valence-electron chi connectivity index (χ1n) is 6.10. The van der Waals surface area contributed by atoms with Crippen LogP contribution < -0.4 is 5.73 Å². The highest BCUT2D eigenvalue weighted by Crippen LogP contribution is 2.30. The van der Waals surface area contributed by atoms with Crippen LogP contribution in [0.2, 0.25) is 0 Å². The summed E-state index contributed by atoms with van der Waals surface area (Å²) in [6, 6.07) is 19.0. The predicted molar refractivity (Wildman–Crippen MR) is 78.9 cm³/mol. The van der Waals surface area contributed by atoms with Crippen LogP contribution in [-0.4, -0.2) is 0 Å². The molecule has 0 fully saturated rings. The van der Waals surface area contributed by atoms with E-state index in [0.717, 1.165) is 6.42 Å². The van der Waals surface area contributed by atoms with Crippen LogP contribution in [0.25, 0.3) is 10.1 Å². The Bertz CT molecular complexity index is 642. The van der Waals surface area contributed by atoms with Crippen LogP contribution in [-0.2, 0) is 6.42 Å². The van der Waals surface area contributed by atoms with Crippen LogP contribution in [0.15, 0.2) is 60.0 Å². The molecule has 3 rings (SSSR count). The molecule has 2 heteroatoms. The Balaban J connectivity index is 1.90. The molecule has 0 spiro atoms. The summed E-state index contributed by atoms with van der Waals surface area (Å²) in [5.41, 5.74) is 8.90. The molecule has 0 saturated carbocycles. The number of fused-ring (bicyclic) bond motifs is 1. The molecule has 90 valence electrons. The summed E-state index contributed by atoms with van der Waals surface area (Å²) in [6.45, 7) is 0. The summed E-state index contributed by atoms with van der Waals surface area (Å²) in [6.07, 6.45) is 0.890. The van der Waals surface area contributed by atoms with Crippen molar-refractivity contribution in [1.29, 1.82) is 0 Å². The standard InChI is InChI=1S/C16H15NS/c17-15(10-12-6-2-1-3-7-12)14-11-18-16-9-5-4-8-13(14)16/h1-9,11,15H,10,17H2. The quantitative estimate of drug-likeness (QED) is 0.745. The molecule has 0 aliphatic heterocycles. The normalized spacial score (nSPS) is 12.7. The first-order valence-corrected chi connectivity index (χ1v) is 6.98. The van der Waals surface area contributed by atoms with E-state index < -0.39 is 0 Å². The van der Waals surface area contributed by atoms with Gasteiger partial charge in [0.25, 0.3) is 0 Å². The zero-order valence-corrected chi connectivity index (χ0v) is 10.9. The van der Waals surface area contributed by atoms with E-state index in [-0.39, 0.29) is 6.04 Å². The molecular formula is C16H15NS. The van der Waals surface area contributed by atoms with Gasteiger partial charge in [0.15, 0.2) is 0 Å². The molecular weight excluding hydrogens is 238 g/mol. The monoisotopic (exact) mass is 253 g/mol. The zero-order chi connectivity index (χ0) is 12.4. The van der Waals surface area contributed by atoms with E-state index in [1.807, 2.05) is 6.07 Å². The molecule has 1 unspecified atom stereocenters. The van der Waals surface area contributed by atoms with Gasteiger partial charge in [-0.3, -0.25) is 0 Å². The zero-order valence-electron chi connectivity index (χ0n) is 10.0. The third-order valence-electron chi connectivity index (χ3n) is 3.21. The molecule has 1 atom stereocenters. The maximum absolute atomic E-state index is 6.34. The van der Waals surface area contributed by atoms with E-state index in [1.54, 1.807) is 11.3 Å². The Morgan fingerprint density at radius 3 is 2.50 bits per heavy atom. The van der Waals surface area contributed by atoms with Crippen molar-refractivity contribution < 1.29 is 0 Å². The van der Waals surface area contributed by atoms with Crippen LogP contribution in [0.4, 0.5) is 0 Å². The highest BCUT2D eigenvalue weighted by molar-refractivity contribution is 7.17. The average molecular weight is 253 g/mol. The predicted octanol–water partition coefficient (Wildman–Crippen LogP) is 4.14. The van der Waals surface area contributed by atoms with Gasteiger partial charge < -0.3 is 5.73 Å². The van der Waals surface area contributed by atoms with Crippen molar-refractivity contribution >= 4 is 21.4 Å². The molecule has 0 aliphatic rings. The van der Waals surface area contributed by atoms with Crippen molar-refractivity contribution in [2.24, 2.45) is 5.73 Å². The second-order valence-corrected chi connectivity index (χ2v) is 5.39. The molecule has 18 heavy (non-hydrogen) atoms. The van der Waals surface area contributed by atoms with Crippen molar-refractivity contribution in [1.82, 2.24) is 0 Å². The Morgan fingerprint density at radius 2 is 1.67 bits per heavy atom. The van der Waals surface area contributed by atoms with Crippen molar-refractivity contribution in [3.63, 3.8) is 0 Å². The number of nitrogens with two attached hydrogens (primary N) is 1. The smallest absolute Gasteiger partial charge is 0.0350 e. The Labute approximate surface area is 111 Å². The van der Waals surface area contributed by atoms with Gasteiger partial charge in [0, 0.05) is 10.7 Å². The van der Waals surface area contributed by atoms with Gasteiger partial charge in [-0.15, -0.1) is 11.3 Å². The summed E-state index contributed by atoms with van der Waals surface area (Å²) >= 11 is 1.77. The van der Waals surface area contributed by atoms with Gasteiger partial charge in [-0.05, 0) is 34.4 Å². The van der Waals surface area contributed by atoms with Crippen LogP contribution in [0.1, 0.15) is 17.2 Å². The van der Waals surface area contributed by atoms with Gasteiger partial charge >= 0.3 is 0 Å². The Kier molecular flexibility index (Phi) is 3.13. The topological polar surface area (TPSA) is 26.0 Å². The minimum atomic E-state index is 0.0727. The fourth-order valence-corrected chi connectivity index (χ4v) is 3.29. The van der Waals surface area contributed by atoms with Gasteiger partial charge in [-0.1, -0.05) is 48.5 Å². The first kappa shape index (κ1) is 11.5. The maximum Gasteiger partial charge on any atom is 0.0350 e. The van der Waals surface area contributed by atoms with Crippen LogP contribution in [0.3, 0.4) is 0 Å². The van der Waals surface area contributed by atoms with Gasteiger partial charge in [-0.25, -0.2) is 0 Å². The molecule has 1 heterocycles. The number of thiophene rings is 1. The van der Waals surface area contributed by atoms with Crippen molar-refractivity contribution in [2.45, 2.75) is 12.5 Å². The van der Waals surface area contributed by atoms with Crippen molar-refractivity contribution in [2.75, 3.05) is 0 Å². The van der Waals surface area contributed by atoms with E-state index in [1.165, 1.54) is 21.2 Å². The molecule has 0 saturated heterocycles. The van der Waals surface area contributed by atoms with Gasteiger partial charge in [0.1, 0.15) is 0 Å². The molecule has 0 radical (unpaired) electrons. The van der Waals surface area contributed by atoms with E-state index in [9.17, 15) is 0 Å². The average Bonchev–Trinajstić information content (AvgIpc) is 2.84. The first-order chi connectivity index (χ1) is 8.84. The summed E-state index contributed by atoms with van der Waals surface area (Å²) in [5.74, 6) is 0. The summed E-state index contributed by atoms with van der Waals surface area (Å²) in [7, 11) is 0. The van der Waals surface area contributed by atoms with Gasteiger partial charge in [-0.2, -0.15) is 0 Å². The van der Waals surface area contributed by atoms with E-state index >= 15 is 0 Å². The summed E-state index contributed by atoms with van der Waals surface area (Å²) < 4.78 is 1.32. The molecule has 0 amide bonds. The molecule has 2 N–H and O–H groups in total. The molecule has 3 aromatic rings. The Morgan fingerprint density at radius 1 is 0.944 bits per heavy atom. The number of rotatable bonds is 3. The SMILES string of the molecule is NC(Cc1ccccc1)c1csc2ccccc12. The minimum Gasteiger partial charge on any atom is -0.324 e. The third-order valence-corrected chi connectivity index (χ3v) is 4.19. The van der Waals surface area contributed by atoms with Crippen LogP contribution in [0, 0.1) is 0 Å². The largest absolute Gasteiger partial charge is 0.324 e. The van der Waals surface area contributed by atoms with Crippen LogP contribution >= 0.6 is 11.3 Å². The fraction of sp³-hybridized carbons (Fsp3) is 0.125. The van der Waals surface area contributed by atoms with Crippen LogP contribution in [0.5, 0.6) is 0 Å². The summed E-state index contributed by atoms with van der Waals surface area (Å²) in [5, 5.41) is 3.49. The number of hydrogen-bond donors (Lipinski definition) is 1. The lowest BCUT2D eigenvalue weighted by molar-refractivity contribution is 0.730. The molecule has 2 aromatic carbocycles. The highest BCUT2D eigenvalue weighted by atomic mass is 32.1. The number of benzene rings is 2.